The largest absolute Gasteiger partial charge is 0.505 e. The van der Waals surface area contributed by atoms with Crippen LogP contribution < -0.4 is 16.4 Å². The maximum Gasteiger partial charge on any atom is 0.237 e. The summed E-state index contributed by atoms with van der Waals surface area (Å²) in [4.78, 5) is 29.4. The van der Waals surface area contributed by atoms with Gasteiger partial charge in [0.2, 0.25) is 5.91 Å². The smallest absolute Gasteiger partial charge is 0.237 e. The second-order valence-corrected chi connectivity index (χ2v) is 10.9. The Bertz CT molecular complexity index is 1310. The lowest BCUT2D eigenvalue weighted by atomic mass is 9.90. The summed E-state index contributed by atoms with van der Waals surface area (Å²) in [6.07, 6.45) is 4.93. The summed E-state index contributed by atoms with van der Waals surface area (Å²) in [5.74, 6) is -0.260. The number of rotatable bonds is 7. The maximum absolute atomic E-state index is 12.5. The van der Waals surface area contributed by atoms with Gasteiger partial charge in [-0.3, -0.25) is 14.6 Å². The van der Waals surface area contributed by atoms with Crippen molar-refractivity contribution in [2.75, 3.05) is 5.32 Å². The minimum absolute atomic E-state index is 0.0818. The predicted octanol–water partition coefficient (Wildman–Crippen LogP) is 5.94. The van der Waals surface area contributed by atoms with E-state index in [1.54, 1.807) is 18.3 Å². The summed E-state index contributed by atoms with van der Waals surface area (Å²) >= 11 is 12.3. The molecule has 196 valence electrons. The molecule has 1 aromatic heterocycles. The standard InChI is InChI=1S/C28H32Cl2N4O3/c1-14(2)25(31)28(37)34-19-7-5-18(6-8-19)33-26-20-10-16(17-11-22(29)27(36)23(30)12-17)4-9-24(20)32-13-21(26)15(3)35/h4,9-14,18-19,25,36H,5-8,31H2,1-3H3,(H,32,33)(H,34,37)/t18-,19-,25?. The summed E-state index contributed by atoms with van der Waals surface area (Å²) in [5, 5.41) is 17.8. The fourth-order valence-corrected chi connectivity index (χ4v) is 5.20. The van der Waals surface area contributed by atoms with E-state index in [0.29, 0.717) is 5.56 Å². The topological polar surface area (TPSA) is 117 Å². The molecule has 1 saturated carbocycles. The molecule has 0 bridgehead atoms. The number of amides is 1. The predicted molar refractivity (Wildman–Crippen MR) is 149 cm³/mol. The van der Waals surface area contributed by atoms with E-state index in [-0.39, 0.29) is 45.5 Å². The van der Waals surface area contributed by atoms with Crippen LogP contribution in [0.4, 0.5) is 5.69 Å². The lowest BCUT2D eigenvalue weighted by Crippen LogP contribution is -2.49. The average Bonchev–Trinajstić information content (AvgIpc) is 2.87. The van der Waals surface area contributed by atoms with Crippen molar-refractivity contribution in [1.29, 1.82) is 0 Å². The van der Waals surface area contributed by atoms with E-state index in [9.17, 15) is 14.7 Å². The minimum Gasteiger partial charge on any atom is -0.505 e. The number of carbonyl (C=O) groups excluding carboxylic acids is 2. The molecule has 5 N–H and O–H groups in total. The number of benzene rings is 2. The number of aromatic hydroxyl groups is 1. The molecular weight excluding hydrogens is 511 g/mol. The number of halogens is 2. The highest BCUT2D eigenvalue weighted by Gasteiger charge is 2.26. The van der Waals surface area contributed by atoms with Crippen LogP contribution in [0.2, 0.25) is 10.0 Å². The quantitative estimate of drug-likeness (QED) is 0.274. The number of anilines is 1. The van der Waals surface area contributed by atoms with Crippen LogP contribution in [0.3, 0.4) is 0 Å². The molecule has 7 nitrogen and oxygen atoms in total. The highest BCUT2D eigenvalue weighted by molar-refractivity contribution is 6.37. The van der Waals surface area contributed by atoms with E-state index >= 15 is 0 Å². The van der Waals surface area contributed by atoms with Crippen molar-refractivity contribution < 1.29 is 14.7 Å². The average molecular weight is 543 g/mol. The van der Waals surface area contributed by atoms with Crippen LogP contribution in [0.5, 0.6) is 5.75 Å². The molecule has 0 spiro atoms. The highest BCUT2D eigenvalue weighted by Crippen LogP contribution is 2.38. The number of Topliss-reactive ketones (excluding diaryl/α,β-unsaturated/α-hetero) is 1. The third-order valence-electron chi connectivity index (χ3n) is 7.04. The second-order valence-electron chi connectivity index (χ2n) is 10.1. The van der Waals surface area contributed by atoms with Crippen molar-refractivity contribution in [1.82, 2.24) is 10.3 Å². The lowest BCUT2D eigenvalue weighted by Gasteiger charge is -2.32. The molecule has 1 fully saturated rings. The van der Waals surface area contributed by atoms with E-state index in [0.717, 1.165) is 53.4 Å². The number of hydrogen-bond donors (Lipinski definition) is 4. The number of pyridine rings is 1. The Morgan fingerprint density at radius 1 is 1.03 bits per heavy atom. The molecule has 0 radical (unpaired) electrons. The van der Waals surface area contributed by atoms with Crippen molar-refractivity contribution in [2.24, 2.45) is 11.7 Å². The summed E-state index contributed by atoms with van der Waals surface area (Å²) in [6, 6.07) is 8.77. The third kappa shape index (κ3) is 6.00. The number of nitrogens with zero attached hydrogens (tertiary/aromatic N) is 1. The van der Waals surface area contributed by atoms with Crippen LogP contribution in [-0.2, 0) is 4.79 Å². The number of phenols is 1. The van der Waals surface area contributed by atoms with Gasteiger partial charge in [-0.25, -0.2) is 0 Å². The normalized spacial score (nSPS) is 18.6. The highest BCUT2D eigenvalue weighted by atomic mass is 35.5. The van der Waals surface area contributed by atoms with Crippen molar-refractivity contribution in [3.63, 3.8) is 0 Å². The number of nitrogens with one attached hydrogen (secondary N) is 2. The summed E-state index contributed by atoms with van der Waals surface area (Å²) < 4.78 is 0. The Morgan fingerprint density at radius 3 is 2.24 bits per heavy atom. The van der Waals surface area contributed by atoms with Crippen LogP contribution in [0.1, 0.15) is 56.8 Å². The molecule has 0 aliphatic heterocycles. The van der Waals surface area contributed by atoms with Crippen molar-refractivity contribution in [3.8, 4) is 16.9 Å². The molecule has 4 rings (SSSR count). The van der Waals surface area contributed by atoms with Crippen LogP contribution in [0.25, 0.3) is 22.0 Å². The number of ketones is 1. The molecule has 9 heteroatoms. The third-order valence-corrected chi connectivity index (χ3v) is 7.62. The molecule has 2 aromatic carbocycles. The molecule has 1 aliphatic rings. The fraction of sp³-hybridized carbons (Fsp3) is 0.393. The van der Waals surface area contributed by atoms with Gasteiger partial charge in [0, 0.05) is 23.7 Å². The first-order valence-electron chi connectivity index (χ1n) is 12.5. The Kier molecular flexibility index (Phi) is 8.26. The van der Waals surface area contributed by atoms with Gasteiger partial charge in [-0.1, -0.05) is 43.1 Å². The first kappa shape index (κ1) is 27.2. The van der Waals surface area contributed by atoms with Crippen molar-refractivity contribution in [2.45, 2.75) is 64.6 Å². The molecule has 1 heterocycles. The maximum atomic E-state index is 12.5. The molecule has 1 unspecified atom stereocenters. The van der Waals surface area contributed by atoms with E-state index in [1.165, 1.54) is 6.92 Å². The number of aromatic nitrogens is 1. The van der Waals surface area contributed by atoms with Gasteiger partial charge in [-0.2, -0.15) is 0 Å². The monoisotopic (exact) mass is 542 g/mol. The minimum atomic E-state index is -0.510. The van der Waals surface area contributed by atoms with Crippen LogP contribution >= 0.6 is 23.2 Å². The zero-order valence-electron chi connectivity index (χ0n) is 21.1. The number of fused-ring (bicyclic) bond motifs is 1. The number of carbonyl (C=O) groups is 2. The van der Waals surface area contributed by atoms with E-state index in [1.807, 2.05) is 32.0 Å². The Labute approximate surface area is 226 Å². The molecule has 37 heavy (non-hydrogen) atoms. The van der Waals surface area contributed by atoms with Crippen molar-refractivity contribution in [3.05, 3.63) is 52.1 Å². The summed E-state index contributed by atoms with van der Waals surface area (Å²) in [5.41, 5.74) is 9.57. The van der Waals surface area contributed by atoms with E-state index in [2.05, 4.69) is 15.6 Å². The zero-order chi connectivity index (χ0) is 26.9. The first-order valence-corrected chi connectivity index (χ1v) is 13.2. The molecule has 1 amide bonds. The number of phenolic OH excluding ortho intramolecular Hbond substituents is 1. The van der Waals surface area contributed by atoms with Gasteiger partial charge in [0.1, 0.15) is 0 Å². The van der Waals surface area contributed by atoms with Crippen LogP contribution in [0.15, 0.2) is 36.5 Å². The van der Waals surface area contributed by atoms with E-state index < -0.39 is 6.04 Å². The molecule has 1 aliphatic carbocycles. The van der Waals surface area contributed by atoms with Crippen LogP contribution in [-0.4, -0.2) is 39.9 Å². The van der Waals surface area contributed by atoms with Gasteiger partial charge in [-0.05, 0) is 73.9 Å². The van der Waals surface area contributed by atoms with Gasteiger partial charge in [-0.15, -0.1) is 0 Å². The van der Waals surface area contributed by atoms with Gasteiger partial charge in [0.15, 0.2) is 11.5 Å². The SMILES string of the molecule is CC(=O)c1cnc2ccc(-c3cc(Cl)c(O)c(Cl)c3)cc2c1N[C@H]1CC[C@H](NC(=O)C(N)C(C)C)CC1. The molecule has 0 saturated heterocycles. The summed E-state index contributed by atoms with van der Waals surface area (Å²) in [6.45, 7) is 5.40. The number of hydrogen-bond acceptors (Lipinski definition) is 6. The Balaban J connectivity index is 1.60. The summed E-state index contributed by atoms with van der Waals surface area (Å²) in [7, 11) is 0. The van der Waals surface area contributed by atoms with Crippen molar-refractivity contribution >= 4 is 51.5 Å². The zero-order valence-corrected chi connectivity index (χ0v) is 22.7. The molecule has 3 aromatic rings. The van der Waals surface area contributed by atoms with Gasteiger partial charge in [0.05, 0.1) is 32.9 Å². The first-order chi connectivity index (χ1) is 17.5. The number of nitrogens with two attached hydrogens (primary N) is 1. The van der Waals surface area contributed by atoms with Gasteiger partial charge in [0.25, 0.3) is 0 Å². The van der Waals surface area contributed by atoms with Gasteiger partial charge >= 0.3 is 0 Å². The van der Waals surface area contributed by atoms with Crippen LogP contribution in [0, 0.1) is 5.92 Å². The fourth-order valence-electron chi connectivity index (χ4n) is 4.71. The van der Waals surface area contributed by atoms with Gasteiger partial charge < -0.3 is 21.5 Å². The second kappa shape index (κ2) is 11.3. The Morgan fingerprint density at radius 2 is 1.65 bits per heavy atom. The molecular formula is C28H32Cl2N4O3. The molecule has 1 atom stereocenters. The lowest BCUT2D eigenvalue weighted by molar-refractivity contribution is -0.124. The van der Waals surface area contributed by atoms with E-state index in [4.69, 9.17) is 28.9 Å². The Hall–Kier alpha value is -2.87.